The minimum Gasteiger partial charge on any atom is -0.494 e. The molecule has 1 saturated heterocycles. The number of nitro benzene ring substituents is 1. The summed E-state index contributed by atoms with van der Waals surface area (Å²) < 4.78 is 5.61. The zero-order valence-electron chi connectivity index (χ0n) is 16.2. The lowest BCUT2D eigenvalue weighted by Gasteiger charge is -2.16. The Bertz CT molecular complexity index is 1020. The van der Waals surface area contributed by atoms with Crippen LogP contribution in [0.2, 0.25) is 0 Å². The first kappa shape index (κ1) is 19.6. The minimum absolute atomic E-state index is 0.0773. The molecule has 2 aliphatic heterocycles. The van der Waals surface area contributed by atoms with Crippen LogP contribution >= 0.6 is 0 Å². The van der Waals surface area contributed by atoms with Crippen molar-refractivity contribution < 1.29 is 24.1 Å². The standard InChI is InChI=1S/C21H19N3O6/c1-2-3-12-29-16-10-8-14(9-11-16)23-20(25)17-18(22-30-19(17)21(23)26)13-4-6-15(7-5-13)24(27)28/h4-11,17,19H,2-3,12H2,1H3. The quantitative estimate of drug-likeness (QED) is 0.301. The Morgan fingerprint density at radius 1 is 1.10 bits per heavy atom. The van der Waals surface area contributed by atoms with Gasteiger partial charge in [0.1, 0.15) is 17.4 Å². The summed E-state index contributed by atoms with van der Waals surface area (Å²) in [4.78, 5) is 42.5. The summed E-state index contributed by atoms with van der Waals surface area (Å²) in [5.74, 6) is -1.17. The topological polar surface area (TPSA) is 111 Å². The van der Waals surface area contributed by atoms with E-state index >= 15 is 0 Å². The number of hydrogen-bond acceptors (Lipinski definition) is 7. The van der Waals surface area contributed by atoms with Gasteiger partial charge in [-0.15, -0.1) is 0 Å². The Hall–Kier alpha value is -3.75. The SMILES string of the molecule is CCCCOc1ccc(N2C(=O)C3ON=C(c4ccc([N+](=O)[O-])cc4)C3C2=O)cc1. The number of nitrogens with zero attached hydrogens (tertiary/aromatic N) is 3. The molecule has 9 nitrogen and oxygen atoms in total. The zero-order chi connectivity index (χ0) is 21.3. The number of carbonyl (C=O) groups is 2. The van der Waals surface area contributed by atoms with Crippen LogP contribution in [0.5, 0.6) is 5.75 Å². The molecule has 2 heterocycles. The molecule has 9 heteroatoms. The Morgan fingerprint density at radius 3 is 2.43 bits per heavy atom. The monoisotopic (exact) mass is 409 g/mol. The van der Waals surface area contributed by atoms with Crippen molar-refractivity contribution in [1.29, 1.82) is 0 Å². The number of ether oxygens (including phenoxy) is 1. The Kier molecular flexibility index (Phi) is 5.18. The molecule has 2 aliphatic rings. The highest BCUT2D eigenvalue weighted by Gasteiger charge is 2.56. The van der Waals surface area contributed by atoms with Gasteiger partial charge in [-0.2, -0.15) is 0 Å². The van der Waals surface area contributed by atoms with E-state index in [0.717, 1.165) is 17.7 Å². The van der Waals surface area contributed by atoms with Crippen LogP contribution in [0, 0.1) is 16.0 Å². The van der Waals surface area contributed by atoms with Crippen molar-refractivity contribution in [3.8, 4) is 5.75 Å². The average molecular weight is 409 g/mol. The summed E-state index contributed by atoms with van der Waals surface area (Å²) in [5.41, 5.74) is 1.13. The highest BCUT2D eigenvalue weighted by molar-refractivity contribution is 6.32. The normalized spacial score (nSPS) is 20.0. The van der Waals surface area contributed by atoms with Gasteiger partial charge in [-0.25, -0.2) is 4.90 Å². The summed E-state index contributed by atoms with van der Waals surface area (Å²) in [6.45, 7) is 2.68. The Labute approximate surface area is 172 Å². The lowest BCUT2D eigenvalue weighted by atomic mass is 9.94. The number of unbranched alkanes of at least 4 members (excludes halogenated alkanes) is 1. The number of oxime groups is 1. The van der Waals surface area contributed by atoms with E-state index in [0.29, 0.717) is 23.6 Å². The molecule has 0 saturated carbocycles. The van der Waals surface area contributed by atoms with Crippen LogP contribution in [0.1, 0.15) is 25.3 Å². The van der Waals surface area contributed by atoms with Gasteiger partial charge in [0.25, 0.3) is 11.6 Å². The third-order valence-electron chi connectivity index (χ3n) is 5.05. The van der Waals surface area contributed by atoms with Crippen molar-refractivity contribution >= 4 is 28.9 Å². The lowest BCUT2D eigenvalue weighted by molar-refractivity contribution is -0.384. The molecule has 0 radical (unpaired) electrons. The van der Waals surface area contributed by atoms with Crippen molar-refractivity contribution in [2.45, 2.75) is 25.9 Å². The molecule has 154 valence electrons. The number of nitro groups is 1. The first-order valence-corrected chi connectivity index (χ1v) is 9.60. The maximum Gasteiger partial charge on any atom is 0.278 e. The summed E-state index contributed by atoms with van der Waals surface area (Å²) in [6, 6.07) is 12.4. The van der Waals surface area contributed by atoms with Gasteiger partial charge in [-0.3, -0.25) is 19.7 Å². The number of carbonyl (C=O) groups excluding carboxylic acids is 2. The third-order valence-corrected chi connectivity index (χ3v) is 5.05. The second-order valence-electron chi connectivity index (χ2n) is 6.99. The van der Waals surface area contributed by atoms with Gasteiger partial charge in [0.2, 0.25) is 12.0 Å². The number of imide groups is 1. The molecule has 4 rings (SSSR count). The fraction of sp³-hybridized carbons (Fsp3) is 0.286. The summed E-state index contributed by atoms with van der Waals surface area (Å²) in [6.07, 6.45) is 0.926. The van der Waals surface area contributed by atoms with Gasteiger partial charge in [0, 0.05) is 17.7 Å². The van der Waals surface area contributed by atoms with E-state index in [1.165, 1.54) is 24.3 Å². The van der Waals surface area contributed by atoms with Gasteiger partial charge in [0.15, 0.2) is 0 Å². The molecule has 0 N–H and O–H groups in total. The van der Waals surface area contributed by atoms with Gasteiger partial charge in [0.05, 0.1) is 17.2 Å². The van der Waals surface area contributed by atoms with Crippen LogP contribution in [0.25, 0.3) is 0 Å². The molecule has 30 heavy (non-hydrogen) atoms. The minimum atomic E-state index is -1.04. The van der Waals surface area contributed by atoms with E-state index in [2.05, 4.69) is 12.1 Å². The number of rotatable bonds is 7. The smallest absolute Gasteiger partial charge is 0.278 e. The summed E-state index contributed by atoms with van der Waals surface area (Å²) in [7, 11) is 0. The molecule has 0 aliphatic carbocycles. The van der Waals surface area contributed by atoms with Crippen molar-refractivity contribution in [3.05, 3.63) is 64.2 Å². The van der Waals surface area contributed by atoms with Gasteiger partial charge >= 0.3 is 0 Å². The third kappa shape index (κ3) is 3.38. The molecular formula is C21H19N3O6. The molecule has 0 aromatic heterocycles. The van der Waals surface area contributed by atoms with E-state index in [4.69, 9.17) is 9.57 Å². The van der Waals surface area contributed by atoms with E-state index < -0.39 is 28.8 Å². The Morgan fingerprint density at radius 2 is 1.80 bits per heavy atom. The number of hydrogen-bond donors (Lipinski definition) is 0. The van der Waals surface area contributed by atoms with Crippen LogP contribution in [-0.2, 0) is 14.4 Å². The molecule has 0 bridgehead atoms. The number of amides is 2. The maximum absolute atomic E-state index is 13.1. The van der Waals surface area contributed by atoms with Crippen LogP contribution in [0.15, 0.2) is 53.7 Å². The van der Waals surface area contributed by atoms with Crippen LogP contribution < -0.4 is 9.64 Å². The molecule has 2 atom stereocenters. The summed E-state index contributed by atoms with van der Waals surface area (Å²) >= 11 is 0. The van der Waals surface area contributed by atoms with Crippen LogP contribution in [0.3, 0.4) is 0 Å². The molecule has 2 aromatic carbocycles. The largest absolute Gasteiger partial charge is 0.494 e. The second-order valence-corrected chi connectivity index (χ2v) is 6.99. The predicted molar refractivity (Wildman–Crippen MR) is 107 cm³/mol. The van der Waals surface area contributed by atoms with Gasteiger partial charge in [-0.1, -0.05) is 18.5 Å². The van der Waals surface area contributed by atoms with Crippen LogP contribution in [0.4, 0.5) is 11.4 Å². The highest BCUT2D eigenvalue weighted by Crippen LogP contribution is 2.35. The molecular weight excluding hydrogens is 390 g/mol. The molecule has 2 amide bonds. The Balaban J connectivity index is 1.54. The van der Waals surface area contributed by atoms with Crippen molar-refractivity contribution in [3.63, 3.8) is 0 Å². The number of non-ortho nitro benzene ring substituents is 1. The van der Waals surface area contributed by atoms with Crippen molar-refractivity contribution in [1.82, 2.24) is 0 Å². The number of benzene rings is 2. The number of anilines is 1. The second kappa shape index (κ2) is 7.94. The molecule has 2 unspecified atom stereocenters. The average Bonchev–Trinajstić information content (AvgIpc) is 3.29. The van der Waals surface area contributed by atoms with E-state index in [1.807, 2.05) is 0 Å². The number of fused-ring (bicyclic) bond motifs is 1. The molecule has 1 fully saturated rings. The fourth-order valence-electron chi connectivity index (χ4n) is 3.45. The van der Waals surface area contributed by atoms with E-state index in [9.17, 15) is 19.7 Å². The van der Waals surface area contributed by atoms with E-state index in [1.54, 1.807) is 24.3 Å². The summed E-state index contributed by atoms with van der Waals surface area (Å²) in [5, 5.41) is 14.8. The first-order valence-electron chi connectivity index (χ1n) is 9.60. The van der Waals surface area contributed by atoms with Gasteiger partial charge in [-0.05, 0) is 42.8 Å². The zero-order valence-corrected chi connectivity index (χ0v) is 16.2. The highest BCUT2D eigenvalue weighted by atomic mass is 16.7. The molecule has 2 aromatic rings. The first-order chi connectivity index (χ1) is 14.5. The van der Waals surface area contributed by atoms with Crippen molar-refractivity contribution in [2.75, 3.05) is 11.5 Å². The fourth-order valence-corrected chi connectivity index (χ4v) is 3.45. The lowest BCUT2D eigenvalue weighted by Crippen LogP contribution is -2.33. The maximum atomic E-state index is 13.1. The van der Waals surface area contributed by atoms with Gasteiger partial charge < -0.3 is 9.57 Å². The van der Waals surface area contributed by atoms with Crippen molar-refractivity contribution in [2.24, 2.45) is 11.1 Å². The van der Waals surface area contributed by atoms with E-state index in [-0.39, 0.29) is 11.4 Å². The van der Waals surface area contributed by atoms with Crippen LogP contribution in [-0.4, -0.2) is 35.2 Å². The molecule has 0 spiro atoms. The predicted octanol–water partition coefficient (Wildman–Crippen LogP) is 3.07.